The minimum Gasteiger partial charge on any atom is -0.508 e. The maximum Gasteiger partial charge on any atom is 0.405 e. The average molecular weight is 665 g/mol. The molecule has 0 atom stereocenters. The van der Waals surface area contributed by atoms with Crippen LogP contribution in [0.1, 0.15) is 65.5 Å². The Morgan fingerprint density at radius 3 is 2.21 bits per heavy atom. The fraction of sp³-hybridized carbons (Fsp3) is 0.417. The van der Waals surface area contributed by atoms with E-state index in [1.54, 1.807) is 18.2 Å². The van der Waals surface area contributed by atoms with Crippen molar-refractivity contribution in [3.05, 3.63) is 88.7 Å². The zero-order chi connectivity index (χ0) is 34.4. The highest BCUT2D eigenvalue weighted by atomic mass is 19.4. The van der Waals surface area contributed by atoms with Gasteiger partial charge in [-0.15, -0.1) is 10.2 Å². The fourth-order valence-electron chi connectivity index (χ4n) is 6.15. The summed E-state index contributed by atoms with van der Waals surface area (Å²) in [5, 5.41) is 34.2. The third kappa shape index (κ3) is 8.73. The maximum absolute atomic E-state index is 12.9. The van der Waals surface area contributed by atoms with Crippen molar-refractivity contribution in [2.24, 2.45) is 5.92 Å². The summed E-state index contributed by atoms with van der Waals surface area (Å²) in [6, 6.07) is 19.0. The lowest BCUT2D eigenvalue weighted by Crippen LogP contribution is -2.35. The van der Waals surface area contributed by atoms with Crippen LogP contribution in [0.2, 0.25) is 0 Å². The summed E-state index contributed by atoms with van der Waals surface area (Å²) in [4.78, 5) is 15.4. The number of likely N-dealkylation sites (tertiary alicyclic amines) is 1. The van der Waals surface area contributed by atoms with Crippen LogP contribution in [0.3, 0.4) is 0 Å². The molecule has 0 spiro atoms. The van der Waals surface area contributed by atoms with Gasteiger partial charge in [0.25, 0.3) is 5.91 Å². The lowest BCUT2D eigenvalue weighted by molar-refractivity contribution is -0.123. The van der Waals surface area contributed by atoms with E-state index in [1.165, 1.54) is 21.8 Å². The predicted octanol–water partition coefficient (Wildman–Crippen LogP) is 5.98. The summed E-state index contributed by atoms with van der Waals surface area (Å²) < 4.78 is 40.1. The Labute approximate surface area is 278 Å². The van der Waals surface area contributed by atoms with Gasteiger partial charge in [-0.2, -0.15) is 13.2 Å². The van der Waals surface area contributed by atoms with E-state index in [1.807, 2.05) is 38.3 Å². The minimum atomic E-state index is -4.61. The number of likely N-dealkylation sites (N-methyl/N-ethyl adjacent to an activating group) is 1. The summed E-state index contributed by atoms with van der Waals surface area (Å²) in [7, 11) is 1.96. The molecule has 0 saturated carbocycles. The van der Waals surface area contributed by atoms with Crippen molar-refractivity contribution in [2.45, 2.75) is 58.2 Å². The molecule has 2 heterocycles. The minimum absolute atomic E-state index is 0.0549. The molecule has 256 valence electrons. The number of halogens is 3. The first-order chi connectivity index (χ1) is 22.9. The first kappa shape index (κ1) is 34.9. The molecule has 1 aliphatic rings. The van der Waals surface area contributed by atoms with Crippen LogP contribution >= 0.6 is 0 Å². The van der Waals surface area contributed by atoms with Crippen molar-refractivity contribution in [3.63, 3.8) is 0 Å². The molecule has 0 unspecified atom stereocenters. The number of nitrogens with one attached hydrogen (secondary N) is 2. The van der Waals surface area contributed by atoms with E-state index < -0.39 is 18.6 Å². The zero-order valence-corrected chi connectivity index (χ0v) is 27.5. The van der Waals surface area contributed by atoms with Gasteiger partial charge in [0.2, 0.25) is 5.82 Å². The zero-order valence-electron chi connectivity index (χ0n) is 27.5. The van der Waals surface area contributed by atoms with Crippen molar-refractivity contribution in [2.75, 3.05) is 33.2 Å². The molecule has 4 N–H and O–H groups in total. The van der Waals surface area contributed by atoms with Crippen LogP contribution in [-0.2, 0) is 19.4 Å². The average Bonchev–Trinajstić information content (AvgIpc) is 3.49. The fourth-order valence-corrected chi connectivity index (χ4v) is 6.15. The molecule has 9 nitrogen and oxygen atoms in total. The summed E-state index contributed by atoms with van der Waals surface area (Å²) in [5.41, 5.74) is 4.90. The number of piperidine rings is 1. The molecular weight excluding hydrogens is 621 g/mol. The Kier molecular flexibility index (Phi) is 11.1. The number of benzene rings is 3. The SMILES string of the molecule is CNCCc1ccc(CN2CCC(Cc3ccc(-n4c(C(=O)NCC(F)(F)F)nnc4-c4cc(C(C)C)c(O)cc4O)cc3)CC2)cc1. The third-order valence-electron chi connectivity index (χ3n) is 8.84. The summed E-state index contributed by atoms with van der Waals surface area (Å²) in [6.45, 7) is 6.12. The standard InChI is InChI=1S/C36H43F3N6O3/c1-23(2)29-19-30(32(47)20-31(29)46)33-42-43-34(35(48)41-22-36(37,38)39)45(33)28-10-8-25(9-11-28)18-26-13-16-44(17-14-26)21-27-6-4-24(5-7-27)12-15-40-3/h4-11,19-20,23,26,40,46-47H,12-18,21-22H2,1-3H3,(H,41,48). The van der Waals surface area contributed by atoms with Gasteiger partial charge in [0.1, 0.15) is 18.0 Å². The summed E-state index contributed by atoms with van der Waals surface area (Å²) in [5.74, 6) is -1.38. The normalized spacial score (nSPS) is 14.5. The Morgan fingerprint density at radius 2 is 1.58 bits per heavy atom. The van der Waals surface area contributed by atoms with Crippen molar-refractivity contribution in [1.29, 1.82) is 0 Å². The molecule has 3 aromatic carbocycles. The molecule has 1 amide bonds. The molecule has 1 saturated heterocycles. The van der Waals surface area contributed by atoms with E-state index >= 15 is 0 Å². The monoisotopic (exact) mass is 664 g/mol. The molecular formula is C36H43F3N6O3. The van der Waals surface area contributed by atoms with E-state index in [0.717, 1.165) is 57.4 Å². The Hall–Kier alpha value is -4.42. The van der Waals surface area contributed by atoms with Crippen LogP contribution in [0.4, 0.5) is 13.2 Å². The molecule has 12 heteroatoms. The lowest BCUT2D eigenvalue weighted by Gasteiger charge is -2.32. The topological polar surface area (TPSA) is 116 Å². The first-order valence-electron chi connectivity index (χ1n) is 16.3. The van der Waals surface area contributed by atoms with Gasteiger partial charge >= 0.3 is 6.18 Å². The quantitative estimate of drug-likeness (QED) is 0.147. The Morgan fingerprint density at radius 1 is 0.938 bits per heavy atom. The van der Waals surface area contributed by atoms with E-state index in [4.69, 9.17) is 0 Å². The second-order valence-electron chi connectivity index (χ2n) is 12.8. The highest BCUT2D eigenvalue weighted by Crippen LogP contribution is 2.38. The number of aromatic nitrogens is 3. The second kappa shape index (κ2) is 15.2. The van der Waals surface area contributed by atoms with Gasteiger partial charge in [-0.1, -0.05) is 50.2 Å². The van der Waals surface area contributed by atoms with Crippen molar-refractivity contribution in [3.8, 4) is 28.6 Å². The lowest BCUT2D eigenvalue weighted by atomic mass is 9.90. The highest BCUT2D eigenvalue weighted by molar-refractivity contribution is 5.92. The molecule has 1 aliphatic heterocycles. The number of hydrogen-bond donors (Lipinski definition) is 4. The molecule has 0 aliphatic carbocycles. The Balaban J connectivity index is 1.31. The molecule has 4 aromatic rings. The second-order valence-corrected chi connectivity index (χ2v) is 12.8. The van der Waals surface area contributed by atoms with Gasteiger partial charge in [-0.25, -0.2) is 0 Å². The maximum atomic E-state index is 12.9. The smallest absolute Gasteiger partial charge is 0.405 e. The van der Waals surface area contributed by atoms with Gasteiger partial charge < -0.3 is 20.8 Å². The number of phenols is 2. The molecule has 1 fully saturated rings. The van der Waals surface area contributed by atoms with Crippen molar-refractivity contribution in [1.82, 2.24) is 30.3 Å². The van der Waals surface area contributed by atoms with Crippen LogP contribution in [0, 0.1) is 5.92 Å². The number of rotatable bonds is 12. The van der Waals surface area contributed by atoms with Crippen LogP contribution < -0.4 is 10.6 Å². The molecule has 48 heavy (non-hydrogen) atoms. The molecule has 5 rings (SSSR count). The van der Waals surface area contributed by atoms with Crippen LogP contribution in [0.5, 0.6) is 11.5 Å². The third-order valence-corrected chi connectivity index (χ3v) is 8.84. The van der Waals surface area contributed by atoms with E-state index in [0.29, 0.717) is 17.2 Å². The summed E-state index contributed by atoms with van der Waals surface area (Å²) in [6.07, 6.45) is -0.582. The number of aromatic hydroxyl groups is 2. The first-order valence-corrected chi connectivity index (χ1v) is 16.3. The molecule has 0 radical (unpaired) electrons. The van der Waals surface area contributed by atoms with Gasteiger partial charge in [-0.05, 0) is 105 Å². The van der Waals surface area contributed by atoms with Crippen LogP contribution in [0.15, 0.2) is 60.7 Å². The van der Waals surface area contributed by atoms with Crippen molar-refractivity contribution < 1.29 is 28.2 Å². The largest absolute Gasteiger partial charge is 0.508 e. The Bertz CT molecular complexity index is 1680. The van der Waals surface area contributed by atoms with E-state index in [9.17, 15) is 28.2 Å². The number of carbonyl (C=O) groups excluding carboxylic acids is 1. The van der Waals surface area contributed by atoms with E-state index in [-0.39, 0.29) is 34.6 Å². The number of carbonyl (C=O) groups is 1. The molecule has 1 aromatic heterocycles. The van der Waals surface area contributed by atoms with Crippen LogP contribution in [0.25, 0.3) is 17.1 Å². The van der Waals surface area contributed by atoms with Crippen molar-refractivity contribution >= 4 is 5.91 Å². The summed E-state index contributed by atoms with van der Waals surface area (Å²) >= 11 is 0. The van der Waals surface area contributed by atoms with Crippen LogP contribution in [-0.4, -0.2) is 75.2 Å². The van der Waals surface area contributed by atoms with Gasteiger partial charge in [0.15, 0.2) is 5.82 Å². The number of hydrogen-bond acceptors (Lipinski definition) is 7. The molecule has 0 bridgehead atoms. The highest BCUT2D eigenvalue weighted by Gasteiger charge is 2.30. The van der Waals surface area contributed by atoms with Gasteiger partial charge in [0, 0.05) is 18.3 Å². The number of alkyl halides is 3. The van der Waals surface area contributed by atoms with Gasteiger partial charge in [0.05, 0.1) is 5.56 Å². The van der Waals surface area contributed by atoms with E-state index in [2.05, 4.69) is 44.7 Å². The predicted molar refractivity (Wildman–Crippen MR) is 178 cm³/mol. The number of phenolic OH excluding ortho intramolecular Hbond substituents is 2. The van der Waals surface area contributed by atoms with Gasteiger partial charge in [-0.3, -0.25) is 14.3 Å². The number of nitrogens with zero attached hydrogens (tertiary/aromatic N) is 4. The number of amides is 1.